The van der Waals surface area contributed by atoms with Crippen LogP contribution in [-0.4, -0.2) is 42.7 Å². The third-order valence-electron chi connectivity index (χ3n) is 6.00. The zero-order chi connectivity index (χ0) is 24.9. The minimum atomic E-state index is -0.912. The van der Waals surface area contributed by atoms with Crippen molar-refractivity contribution in [1.29, 1.82) is 0 Å². The molecular weight excluding hydrogens is 430 g/mol. The van der Waals surface area contributed by atoms with Crippen molar-refractivity contribution < 1.29 is 23.8 Å². The molecule has 34 heavy (non-hydrogen) atoms. The maximum Gasteiger partial charge on any atom is 0.331 e. The average molecular weight is 466 g/mol. The molecule has 6 heteroatoms. The van der Waals surface area contributed by atoms with Crippen LogP contribution in [0.25, 0.3) is 0 Å². The van der Waals surface area contributed by atoms with Gasteiger partial charge in [-0.25, -0.2) is 4.79 Å². The van der Waals surface area contributed by atoms with Crippen molar-refractivity contribution in [3.63, 3.8) is 0 Å². The number of nitrogens with zero attached hydrogens (tertiary/aromatic N) is 1. The number of esters is 2. The highest BCUT2D eigenvalue weighted by Gasteiger charge is 2.47. The van der Waals surface area contributed by atoms with Gasteiger partial charge in [0.1, 0.15) is 0 Å². The van der Waals surface area contributed by atoms with Gasteiger partial charge in [0, 0.05) is 22.5 Å². The predicted octanol–water partition coefficient (Wildman–Crippen LogP) is 5.04. The van der Waals surface area contributed by atoms with E-state index in [1.54, 1.807) is 6.92 Å². The smallest absolute Gasteiger partial charge is 0.331 e. The standard InChI is InChI=1S/C28H35NO5/c1-7-32-26(31)23(18(2)22-19(3)33-27(28(4,5)6)34-25(22)30)29-24(20-14-10-8-11-15-20)21-16-12-9-13-17-21/h8-19,22-23,27H,7H2,1-6H3/t18-,19-,22-,23-,27-/m1/s1. The van der Waals surface area contributed by atoms with Gasteiger partial charge in [-0.1, -0.05) is 88.4 Å². The van der Waals surface area contributed by atoms with Crippen LogP contribution in [-0.2, 0) is 23.8 Å². The molecule has 5 atom stereocenters. The molecular formula is C28H35NO5. The van der Waals surface area contributed by atoms with Crippen LogP contribution in [0.2, 0.25) is 0 Å². The van der Waals surface area contributed by atoms with Crippen molar-refractivity contribution in [2.75, 3.05) is 6.61 Å². The van der Waals surface area contributed by atoms with Gasteiger partial charge in [0.2, 0.25) is 6.29 Å². The first-order chi connectivity index (χ1) is 16.1. The molecule has 0 amide bonds. The van der Waals surface area contributed by atoms with Crippen molar-refractivity contribution in [3.05, 3.63) is 71.8 Å². The number of ether oxygens (including phenoxy) is 3. The number of aliphatic imine (C=N–C) groups is 1. The first-order valence-electron chi connectivity index (χ1n) is 11.8. The molecule has 1 heterocycles. The van der Waals surface area contributed by atoms with Gasteiger partial charge in [-0.15, -0.1) is 0 Å². The highest BCUT2D eigenvalue weighted by Crippen LogP contribution is 2.36. The quantitative estimate of drug-likeness (QED) is 0.423. The van der Waals surface area contributed by atoms with Crippen molar-refractivity contribution in [3.8, 4) is 0 Å². The Morgan fingerprint density at radius 3 is 2.00 bits per heavy atom. The molecule has 0 N–H and O–H groups in total. The van der Waals surface area contributed by atoms with Gasteiger partial charge >= 0.3 is 11.9 Å². The summed E-state index contributed by atoms with van der Waals surface area (Å²) in [5.41, 5.74) is 2.05. The first-order valence-corrected chi connectivity index (χ1v) is 11.8. The van der Waals surface area contributed by atoms with E-state index >= 15 is 0 Å². The molecule has 6 nitrogen and oxygen atoms in total. The Hall–Kier alpha value is -2.99. The Morgan fingerprint density at radius 2 is 1.56 bits per heavy atom. The van der Waals surface area contributed by atoms with Gasteiger partial charge in [-0.05, 0) is 13.8 Å². The fourth-order valence-electron chi connectivity index (χ4n) is 4.16. The minimum absolute atomic E-state index is 0.219. The van der Waals surface area contributed by atoms with E-state index in [4.69, 9.17) is 19.2 Å². The lowest BCUT2D eigenvalue weighted by Gasteiger charge is -2.41. The predicted molar refractivity (Wildman–Crippen MR) is 131 cm³/mol. The van der Waals surface area contributed by atoms with E-state index in [1.807, 2.05) is 95.3 Å². The lowest BCUT2D eigenvalue weighted by Crippen LogP contribution is -2.51. The number of cyclic esters (lactones) is 1. The summed E-state index contributed by atoms with van der Waals surface area (Å²) in [7, 11) is 0. The fourth-order valence-corrected chi connectivity index (χ4v) is 4.16. The van der Waals surface area contributed by atoms with E-state index in [9.17, 15) is 9.59 Å². The summed E-state index contributed by atoms with van der Waals surface area (Å²) in [6.07, 6.45) is -1.09. The Bertz CT molecular complexity index is 955. The summed E-state index contributed by atoms with van der Waals surface area (Å²) in [4.78, 5) is 31.2. The Morgan fingerprint density at radius 1 is 1.03 bits per heavy atom. The van der Waals surface area contributed by atoms with Crippen LogP contribution in [0.3, 0.4) is 0 Å². The molecule has 0 unspecified atom stereocenters. The van der Waals surface area contributed by atoms with Crippen LogP contribution >= 0.6 is 0 Å². The first kappa shape index (κ1) is 25.6. The monoisotopic (exact) mass is 465 g/mol. The molecule has 182 valence electrons. The minimum Gasteiger partial charge on any atom is -0.464 e. The molecule has 1 fully saturated rings. The van der Waals surface area contributed by atoms with Crippen LogP contribution in [0.15, 0.2) is 65.7 Å². The van der Waals surface area contributed by atoms with E-state index in [-0.39, 0.29) is 18.0 Å². The number of hydrogen-bond donors (Lipinski definition) is 0. The summed E-state index contributed by atoms with van der Waals surface area (Å²) >= 11 is 0. The molecule has 0 spiro atoms. The van der Waals surface area contributed by atoms with E-state index in [2.05, 4.69) is 0 Å². The van der Waals surface area contributed by atoms with Gasteiger partial charge in [-0.3, -0.25) is 9.79 Å². The zero-order valence-corrected chi connectivity index (χ0v) is 20.9. The second-order valence-electron chi connectivity index (χ2n) is 9.77. The number of carbonyl (C=O) groups is 2. The van der Waals surface area contributed by atoms with Gasteiger partial charge < -0.3 is 14.2 Å². The SMILES string of the molecule is CCOC(=O)[C@H](N=C(c1ccccc1)c1ccccc1)[C@H](C)[C@H]1C(=O)O[C@H](C(C)(C)C)O[C@@H]1C. The van der Waals surface area contributed by atoms with Crippen LogP contribution in [0.1, 0.15) is 52.7 Å². The second-order valence-corrected chi connectivity index (χ2v) is 9.77. The zero-order valence-electron chi connectivity index (χ0n) is 20.9. The Balaban J connectivity index is 2.03. The molecule has 0 radical (unpaired) electrons. The molecule has 0 aromatic heterocycles. The van der Waals surface area contributed by atoms with Crippen molar-refractivity contribution in [1.82, 2.24) is 0 Å². The molecule has 0 bridgehead atoms. The van der Waals surface area contributed by atoms with Crippen molar-refractivity contribution in [2.24, 2.45) is 22.2 Å². The van der Waals surface area contributed by atoms with E-state index in [0.29, 0.717) is 5.71 Å². The number of hydrogen-bond acceptors (Lipinski definition) is 6. The van der Waals surface area contributed by atoms with Crippen LogP contribution < -0.4 is 0 Å². The fraction of sp³-hybridized carbons (Fsp3) is 0.464. The van der Waals surface area contributed by atoms with Gasteiger partial charge in [-0.2, -0.15) is 0 Å². The molecule has 1 aliphatic rings. The van der Waals surface area contributed by atoms with Crippen molar-refractivity contribution >= 4 is 17.7 Å². The second kappa shape index (κ2) is 11.0. The highest BCUT2D eigenvalue weighted by atomic mass is 16.7. The average Bonchev–Trinajstić information content (AvgIpc) is 2.80. The molecule has 2 aromatic rings. The summed E-state index contributed by atoms with van der Waals surface area (Å²) in [5, 5.41) is 0. The van der Waals surface area contributed by atoms with Gasteiger partial charge in [0.25, 0.3) is 0 Å². The summed E-state index contributed by atoms with van der Waals surface area (Å²) in [5.74, 6) is -2.02. The van der Waals surface area contributed by atoms with Crippen LogP contribution in [0, 0.1) is 17.3 Å². The van der Waals surface area contributed by atoms with Crippen molar-refractivity contribution in [2.45, 2.75) is 60.0 Å². The topological polar surface area (TPSA) is 74.2 Å². The number of carbonyl (C=O) groups excluding carboxylic acids is 2. The molecule has 0 aliphatic carbocycles. The molecule has 0 saturated carbocycles. The van der Waals surface area contributed by atoms with Gasteiger partial charge in [0.15, 0.2) is 6.04 Å². The molecule has 1 aliphatic heterocycles. The third-order valence-corrected chi connectivity index (χ3v) is 6.00. The molecule has 3 rings (SSSR count). The third kappa shape index (κ3) is 5.92. The van der Waals surface area contributed by atoms with Crippen LogP contribution in [0.5, 0.6) is 0 Å². The number of rotatable bonds is 7. The summed E-state index contributed by atoms with van der Waals surface area (Å²) < 4.78 is 17.1. The van der Waals surface area contributed by atoms with E-state index in [1.165, 1.54) is 0 Å². The maximum atomic E-state index is 13.1. The highest BCUT2D eigenvalue weighted by molar-refractivity contribution is 6.13. The lowest BCUT2D eigenvalue weighted by molar-refractivity contribution is -0.258. The largest absolute Gasteiger partial charge is 0.464 e. The van der Waals surface area contributed by atoms with E-state index < -0.39 is 36.2 Å². The van der Waals surface area contributed by atoms with Gasteiger partial charge in [0.05, 0.1) is 24.3 Å². The van der Waals surface area contributed by atoms with E-state index in [0.717, 1.165) is 11.1 Å². The molecule has 1 saturated heterocycles. The number of benzene rings is 2. The van der Waals surface area contributed by atoms with Crippen LogP contribution in [0.4, 0.5) is 0 Å². The summed E-state index contributed by atoms with van der Waals surface area (Å²) in [6.45, 7) is 11.5. The normalized spacial score (nSPS) is 22.3. The summed E-state index contributed by atoms with van der Waals surface area (Å²) in [6, 6.07) is 18.5. The molecule has 2 aromatic carbocycles. The maximum absolute atomic E-state index is 13.1. The Kier molecular flexibility index (Phi) is 8.26. The Labute approximate surface area is 202 Å². The lowest BCUT2D eigenvalue weighted by atomic mass is 9.82.